The van der Waals surface area contributed by atoms with Gasteiger partial charge in [0.15, 0.2) is 6.10 Å². The van der Waals surface area contributed by atoms with Crippen molar-refractivity contribution in [3.8, 4) is 5.75 Å². The van der Waals surface area contributed by atoms with Gasteiger partial charge in [-0.05, 0) is 6.07 Å². The Hall–Kier alpha value is -2.26. The number of benzene rings is 1. The van der Waals surface area contributed by atoms with Crippen molar-refractivity contribution in [3.63, 3.8) is 0 Å². The number of rotatable bonds is 4. The Kier molecular flexibility index (Phi) is 4.35. The van der Waals surface area contributed by atoms with Crippen molar-refractivity contribution in [2.24, 2.45) is 0 Å². The zero-order chi connectivity index (χ0) is 14.7. The van der Waals surface area contributed by atoms with Gasteiger partial charge in [-0.3, -0.25) is 10.1 Å². The first-order valence-electron chi connectivity index (χ1n) is 4.90. The summed E-state index contributed by atoms with van der Waals surface area (Å²) >= 11 is 0. The lowest BCUT2D eigenvalue weighted by Crippen LogP contribution is -2.29. The van der Waals surface area contributed by atoms with E-state index in [9.17, 15) is 34.6 Å². The summed E-state index contributed by atoms with van der Waals surface area (Å²) in [5.41, 5.74) is -1.68. The molecule has 19 heavy (non-hydrogen) atoms. The average Bonchev–Trinajstić information content (AvgIpc) is 2.37. The predicted octanol–water partition coefficient (Wildman–Crippen LogP) is 0.00680. The highest BCUT2D eigenvalue weighted by atomic mass is 19.1. The first-order valence-corrected chi connectivity index (χ1v) is 4.90. The highest BCUT2D eigenvalue weighted by Gasteiger charge is 2.32. The molecule has 0 radical (unpaired) electrons. The van der Waals surface area contributed by atoms with Gasteiger partial charge in [0.05, 0.1) is 18.1 Å². The van der Waals surface area contributed by atoms with Crippen LogP contribution in [-0.4, -0.2) is 39.4 Å². The van der Waals surface area contributed by atoms with E-state index in [1.807, 2.05) is 0 Å². The lowest BCUT2D eigenvalue weighted by Gasteiger charge is -2.16. The molecule has 0 amide bonds. The second kappa shape index (κ2) is 5.59. The summed E-state index contributed by atoms with van der Waals surface area (Å²) in [5, 5.41) is 39.0. The van der Waals surface area contributed by atoms with E-state index >= 15 is 0 Å². The molecule has 0 aromatic heterocycles. The van der Waals surface area contributed by atoms with E-state index in [2.05, 4.69) is 4.74 Å². The summed E-state index contributed by atoms with van der Waals surface area (Å²) in [6, 6.07) is 1.01. The summed E-state index contributed by atoms with van der Waals surface area (Å²) in [5.74, 6) is -3.39. The summed E-state index contributed by atoms with van der Waals surface area (Å²) in [4.78, 5) is 20.5. The van der Waals surface area contributed by atoms with E-state index in [0.29, 0.717) is 12.1 Å². The Morgan fingerprint density at radius 1 is 1.47 bits per heavy atom. The molecule has 0 aliphatic carbocycles. The van der Waals surface area contributed by atoms with Crippen LogP contribution in [0.3, 0.4) is 0 Å². The molecule has 2 atom stereocenters. The minimum absolute atomic E-state index is 0.441. The van der Waals surface area contributed by atoms with Crippen LogP contribution in [0.1, 0.15) is 11.7 Å². The third kappa shape index (κ3) is 2.95. The van der Waals surface area contributed by atoms with E-state index in [0.717, 1.165) is 7.11 Å². The maximum atomic E-state index is 13.2. The number of methoxy groups -OCH3 is 1. The van der Waals surface area contributed by atoms with E-state index < -0.39 is 45.9 Å². The number of carbonyl (C=O) groups excluding carboxylic acids is 1. The van der Waals surface area contributed by atoms with Gasteiger partial charge in [0.2, 0.25) is 5.75 Å². The molecule has 0 fully saturated rings. The Labute approximate surface area is 105 Å². The van der Waals surface area contributed by atoms with Gasteiger partial charge in [0, 0.05) is 5.56 Å². The number of phenols is 1. The Morgan fingerprint density at radius 3 is 2.53 bits per heavy atom. The Balaban J connectivity index is 3.27. The number of aromatic hydroxyl groups is 1. The van der Waals surface area contributed by atoms with Crippen LogP contribution in [0.25, 0.3) is 0 Å². The van der Waals surface area contributed by atoms with Crippen LogP contribution < -0.4 is 0 Å². The van der Waals surface area contributed by atoms with Gasteiger partial charge >= 0.3 is 11.7 Å². The van der Waals surface area contributed by atoms with Crippen LogP contribution in [0.5, 0.6) is 5.75 Å². The van der Waals surface area contributed by atoms with Crippen molar-refractivity contribution in [2.45, 2.75) is 12.2 Å². The number of nitro groups is 1. The fourth-order valence-corrected chi connectivity index (χ4v) is 1.39. The van der Waals surface area contributed by atoms with Gasteiger partial charge in [0.1, 0.15) is 11.9 Å². The molecule has 0 heterocycles. The lowest BCUT2D eigenvalue weighted by molar-refractivity contribution is -0.386. The zero-order valence-electron chi connectivity index (χ0n) is 9.61. The number of aliphatic hydroxyl groups excluding tert-OH is 2. The number of aliphatic hydroxyl groups is 2. The fourth-order valence-electron chi connectivity index (χ4n) is 1.39. The van der Waals surface area contributed by atoms with Gasteiger partial charge in [-0.15, -0.1) is 0 Å². The number of nitrogens with zero attached hydrogens (tertiary/aromatic N) is 1. The van der Waals surface area contributed by atoms with Crippen LogP contribution >= 0.6 is 0 Å². The maximum Gasteiger partial charge on any atom is 0.337 e. The molecule has 1 aromatic carbocycles. The van der Waals surface area contributed by atoms with Crippen molar-refractivity contribution in [3.05, 3.63) is 33.6 Å². The molecule has 9 heteroatoms. The molecule has 0 saturated carbocycles. The Bertz CT molecular complexity index is 519. The summed E-state index contributed by atoms with van der Waals surface area (Å²) in [6.07, 6.45) is -4.18. The van der Waals surface area contributed by atoms with Crippen LogP contribution in [0, 0.1) is 15.9 Å². The third-order valence-electron chi connectivity index (χ3n) is 2.34. The van der Waals surface area contributed by atoms with Crippen molar-refractivity contribution in [1.82, 2.24) is 0 Å². The first-order chi connectivity index (χ1) is 8.79. The second-order valence-electron chi connectivity index (χ2n) is 3.53. The molecule has 0 saturated heterocycles. The van der Waals surface area contributed by atoms with Crippen LogP contribution in [0.15, 0.2) is 12.1 Å². The molecule has 3 N–H and O–H groups in total. The number of esters is 1. The number of nitro benzene ring substituents is 1. The van der Waals surface area contributed by atoms with E-state index in [-0.39, 0.29) is 0 Å². The number of carbonyl (C=O) groups is 1. The summed E-state index contributed by atoms with van der Waals surface area (Å²) in [7, 11) is 0.937. The van der Waals surface area contributed by atoms with Crippen LogP contribution in [-0.2, 0) is 9.53 Å². The van der Waals surface area contributed by atoms with Crippen molar-refractivity contribution in [2.75, 3.05) is 7.11 Å². The zero-order valence-corrected chi connectivity index (χ0v) is 9.61. The third-order valence-corrected chi connectivity index (χ3v) is 2.34. The minimum Gasteiger partial charge on any atom is -0.502 e. The molecule has 1 aromatic rings. The average molecular weight is 275 g/mol. The van der Waals surface area contributed by atoms with Crippen molar-refractivity contribution < 1.29 is 34.2 Å². The van der Waals surface area contributed by atoms with Gasteiger partial charge in [0.25, 0.3) is 0 Å². The molecule has 0 spiro atoms. The van der Waals surface area contributed by atoms with Gasteiger partial charge < -0.3 is 20.1 Å². The predicted molar refractivity (Wildman–Crippen MR) is 57.7 cm³/mol. The van der Waals surface area contributed by atoms with E-state index in [1.165, 1.54) is 0 Å². The number of hydrogen-bond donors (Lipinski definition) is 3. The normalized spacial score (nSPS) is 13.7. The van der Waals surface area contributed by atoms with E-state index in [1.54, 1.807) is 0 Å². The summed E-state index contributed by atoms with van der Waals surface area (Å²) in [6.45, 7) is 0. The lowest BCUT2D eigenvalue weighted by atomic mass is 10.0. The van der Waals surface area contributed by atoms with Crippen LogP contribution in [0.4, 0.5) is 10.1 Å². The quantitative estimate of drug-likeness (QED) is 0.400. The molecule has 2 unspecified atom stereocenters. The maximum absolute atomic E-state index is 13.2. The summed E-state index contributed by atoms with van der Waals surface area (Å²) < 4.78 is 17.3. The van der Waals surface area contributed by atoms with Crippen molar-refractivity contribution in [1.29, 1.82) is 0 Å². The highest BCUT2D eigenvalue weighted by molar-refractivity contribution is 5.75. The number of hydrogen-bond acceptors (Lipinski definition) is 7. The van der Waals surface area contributed by atoms with Crippen LogP contribution in [0.2, 0.25) is 0 Å². The molecular formula is C10H10FNO7. The standard InChI is InChI=1S/C10H10FNO7/c1-19-10(16)9(15)8(14)5-2-4(11)3-6(7(5)13)12(17)18/h2-3,8-9,13-15H,1H3. The SMILES string of the molecule is COC(=O)C(O)C(O)c1cc(F)cc([N+](=O)[O-])c1O. The first kappa shape index (κ1) is 14.8. The topological polar surface area (TPSA) is 130 Å². The van der Waals surface area contributed by atoms with E-state index in [4.69, 9.17) is 0 Å². The number of phenolic OH excluding ortho intramolecular Hbond substituents is 1. The number of halogens is 1. The second-order valence-corrected chi connectivity index (χ2v) is 3.53. The highest BCUT2D eigenvalue weighted by Crippen LogP contribution is 2.35. The molecule has 8 nitrogen and oxygen atoms in total. The Morgan fingerprint density at radius 2 is 2.05 bits per heavy atom. The molecule has 0 aliphatic rings. The smallest absolute Gasteiger partial charge is 0.337 e. The fraction of sp³-hybridized carbons (Fsp3) is 0.300. The number of ether oxygens (including phenoxy) is 1. The largest absolute Gasteiger partial charge is 0.502 e. The molecule has 1 rings (SSSR count). The molecule has 104 valence electrons. The molecule has 0 bridgehead atoms. The van der Waals surface area contributed by atoms with Gasteiger partial charge in [-0.1, -0.05) is 0 Å². The monoisotopic (exact) mass is 275 g/mol. The van der Waals surface area contributed by atoms with Gasteiger partial charge in [-0.25, -0.2) is 9.18 Å². The van der Waals surface area contributed by atoms with Crippen molar-refractivity contribution >= 4 is 11.7 Å². The molecule has 0 aliphatic heterocycles. The minimum atomic E-state index is -2.11. The van der Waals surface area contributed by atoms with Gasteiger partial charge in [-0.2, -0.15) is 0 Å². The molecular weight excluding hydrogens is 265 g/mol.